The number of aromatic amines is 4. The minimum absolute atomic E-state index is 0.388. The van der Waals surface area contributed by atoms with Gasteiger partial charge >= 0.3 is 0 Å². The molecule has 0 saturated heterocycles. The Hall–Kier alpha value is -6.91. The summed E-state index contributed by atoms with van der Waals surface area (Å²) in [5, 5.41) is 0. The van der Waals surface area contributed by atoms with E-state index >= 15 is 0 Å². The van der Waals surface area contributed by atoms with Gasteiger partial charge < -0.3 is 24.7 Å². The fraction of sp³-hybridized carbons (Fsp3) is 0.250. The molecule has 4 N–H and O–H groups in total. The Morgan fingerprint density at radius 2 is 1.17 bits per heavy atom. The number of nitrogens with one attached hydrogen (secondary N) is 4. The second kappa shape index (κ2) is 25.5. The highest BCUT2D eigenvalue weighted by molar-refractivity contribution is 7.99. The number of hydrogen-bond donors (Lipinski definition) is 4. The van der Waals surface area contributed by atoms with Crippen LogP contribution >= 0.6 is 11.8 Å². The first-order chi connectivity index (χ1) is 32.2. The number of ether oxygens (including phenoxy) is 1. The van der Waals surface area contributed by atoms with Crippen LogP contribution in [0.3, 0.4) is 0 Å². The van der Waals surface area contributed by atoms with Crippen LogP contribution in [-0.4, -0.2) is 47.0 Å². The molecule has 0 fully saturated rings. The van der Waals surface area contributed by atoms with Crippen LogP contribution in [0.5, 0.6) is 5.75 Å². The first kappa shape index (κ1) is 48.5. The van der Waals surface area contributed by atoms with E-state index in [1.54, 1.807) is 37.9 Å². The molecule has 0 aliphatic heterocycles. The molecule has 66 heavy (non-hydrogen) atoms. The van der Waals surface area contributed by atoms with Gasteiger partial charge in [0.2, 0.25) is 0 Å². The van der Waals surface area contributed by atoms with Crippen LogP contribution < -0.4 is 4.74 Å². The van der Waals surface area contributed by atoms with Crippen LogP contribution in [-0.2, 0) is 12.8 Å². The van der Waals surface area contributed by atoms with Gasteiger partial charge in [-0.1, -0.05) is 123 Å². The Morgan fingerprint density at radius 1 is 0.576 bits per heavy atom. The molecule has 0 bridgehead atoms. The molecule has 9 aromatic rings. The first-order valence-corrected chi connectivity index (χ1v) is 23.5. The molecule has 2 unspecified atom stereocenters. The monoisotopic (exact) mass is 896 g/mol. The zero-order valence-electron chi connectivity index (χ0n) is 39.4. The molecule has 9 nitrogen and oxygen atoms in total. The van der Waals surface area contributed by atoms with E-state index in [4.69, 9.17) is 4.74 Å². The average Bonchev–Trinajstić information content (AvgIpc) is 4.21. The maximum atomic E-state index is 5.17. The van der Waals surface area contributed by atoms with E-state index < -0.39 is 0 Å². The largest absolute Gasteiger partial charge is 0.497 e. The summed E-state index contributed by atoms with van der Waals surface area (Å²) >= 11 is 1.75. The molecule has 5 aromatic carbocycles. The lowest BCUT2D eigenvalue weighted by molar-refractivity contribution is 0.414. The SMILES string of the molecule is CCCCC(c1cnc[nH]1)c1cccc(C)c1C.COc1ccc(Sc2ccc(Cc3cnc[nH]3)cc2)cc1.Cc1ccccc1C(C)c1cnc[nH]1.Cc1ncc(Cc2ccccc2)[nH]1. The lowest BCUT2D eigenvalue weighted by atomic mass is 9.87. The van der Waals surface area contributed by atoms with Crippen LogP contribution in [0.1, 0.15) is 112 Å². The molecule has 10 heteroatoms. The molecule has 0 amide bonds. The summed E-state index contributed by atoms with van der Waals surface area (Å²) in [6.07, 6.45) is 18.3. The van der Waals surface area contributed by atoms with Gasteiger partial charge in [-0.2, -0.15) is 0 Å². The lowest BCUT2D eigenvalue weighted by Gasteiger charge is -2.19. The molecule has 0 spiro atoms. The molecule has 2 atom stereocenters. The summed E-state index contributed by atoms with van der Waals surface area (Å²) < 4.78 is 5.17. The number of benzene rings is 5. The molecule has 9 rings (SSSR count). The normalized spacial score (nSPS) is 11.5. The Labute approximate surface area is 395 Å². The summed E-state index contributed by atoms with van der Waals surface area (Å²) in [5.74, 6) is 2.70. The van der Waals surface area contributed by atoms with Crippen LogP contribution in [0.25, 0.3) is 0 Å². The molecule has 4 heterocycles. The van der Waals surface area contributed by atoms with Gasteiger partial charge in [-0.3, -0.25) is 0 Å². The number of H-pyrrole nitrogens is 4. The molecule has 0 aliphatic carbocycles. The number of imidazole rings is 4. The molecule has 0 aliphatic rings. The van der Waals surface area contributed by atoms with Gasteiger partial charge in [0, 0.05) is 82.0 Å². The summed E-state index contributed by atoms with van der Waals surface area (Å²) in [5.41, 5.74) is 14.2. The van der Waals surface area contributed by atoms with E-state index in [0.717, 1.165) is 30.1 Å². The average molecular weight is 897 g/mol. The van der Waals surface area contributed by atoms with E-state index in [1.807, 2.05) is 49.9 Å². The van der Waals surface area contributed by atoms with E-state index in [9.17, 15) is 0 Å². The smallest absolute Gasteiger partial charge is 0.118 e. The highest BCUT2D eigenvalue weighted by Gasteiger charge is 2.17. The number of unbranched alkanes of at least 4 members (excludes halogenated alkanes) is 1. The van der Waals surface area contributed by atoms with Crippen LogP contribution in [0, 0.1) is 27.7 Å². The fourth-order valence-electron chi connectivity index (χ4n) is 7.67. The summed E-state index contributed by atoms with van der Waals surface area (Å²) in [6, 6.07) is 42.2. The highest BCUT2D eigenvalue weighted by atomic mass is 32.2. The van der Waals surface area contributed by atoms with Crippen LogP contribution in [0.4, 0.5) is 0 Å². The third-order valence-corrected chi connectivity index (χ3v) is 12.6. The predicted molar refractivity (Wildman–Crippen MR) is 271 cm³/mol. The molecule has 0 radical (unpaired) electrons. The number of hydrogen-bond acceptors (Lipinski definition) is 6. The van der Waals surface area contributed by atoms with Gasteiger partial charge in [-0.05, 0) is 109 Å². The minimum Gasteiger partial charge on any atom is -0.497 e. The van der Waals surface area contributed by atoms with Gasteiger partial charge in [0.25, 0.3) is 0 Å². The summed E-state index contributed by atoms with van der Waals surface area (Å²) in [7, 11) is 1.68. The third kappa shape index (κ3) is 14.8. The quantitative estimate of drug-likeness (QED) is 0.0862. The summed E-state index contributed by atoms with van der Waals surface area (Å²) in [4.78, 5) is 31.6. The van der Waals surface area contributed by atoms with Gasteiger partial charge in [0.1, 0.15) is 11.6 Å². The van der Waals surface area contributed by atoms with Crippen molar-refractivity contribution in [2.24, 2.45) is 0 Å². The minimum atomic E-state index is 0.388. The van der Waals surface area contributed by atoms with Crippen molar-refractivity contribution in [1.82, 2.24) is 39.9 Å². The third-order valence-electron chi connectivity index (χ3n) is 11.6. The van der Waals surface area contributed by atoms with Gasteiger partial charge in [0.05, 0.1) is 26.1 Å². The van der Waals surface area contributed by atoms with E-state index in [0.29, 0.717) is 11.8 Å². The number of aromatic nitrogens is 8. The summed E-state index contributed by atoms with van der Waals surface area (Å²) in [6.45, 7) is 12.9. The van der Waals surface area contributed by atoms with Crippen molar-refractivity contribution in [3.05, 3.63) is 233 Å². The number of rotatable bonds is 14. The molecular weight excluding hydrogens is 833 g/mol. The van der Waals surface area contributed by atoms with Gasteiger partial charge in [-0.25, -0.2) is 19.9 Å². The maximum absolute atomic E-state index is 5.17. The van der Waals surface area contributed by atoms with Crippen molar-refractivity contribution >= 4 is 11.8 Å². The van der Waals surface area contributed by atoms with Crippen molar-refractivity contribution in [2.45, 2.75) is 95.3 Å². The molecular formula is C56H64N8OS. The van der Waals surface area contributed by atoms with Crippen LogP contribution in [0.15, 0.2) is 175 Å². The van der Waals surface area contributed by atoms with E-state index in [1.165, 1.54) is 85.1 Å². The predicted octanol–water partition coefficient (Wildman–Crippen LogP) is 13.7. The highest BCUT2D eigenvalue weighted by Crippen LogP contribution is 2.32. The van der Waals surface area contributed by atoms with E-state index in [2.05, 4.69) is 178 Å². The Balaban J connectivity index is 0.000000148. The standard InChI is InChI=1S/C17H16N2OS.C16H22N2.C12H14N2.C11H12N2/c1-20-15-4-8-17(9-5-15)21-16-6-2-13(3-7-16)10-14-11-18-12-19-14;1-4-5-8-15(16-10-17-11-18-16)14-9-6-7-12(2)13(14)3;1-9-5-3-4-6-11(9)10(2)12-7-13-8-14-12;1-9-12-8-11(13-9)7-10-5-3-2-4-6-10/h2-9,11-12H,10H2,1H3,(H,18,19);6-7,9-11,15H,4-5,8H2,1-3H3,(H,17,18);3-8,10H,1-2H3,(H,13,14);2-6,8H,7H2,1H3,(H,12,13). The van der Waals surface area contributed by atoms with Crippen LogP contribution in [0.2, 0.25) is 0 Å². The van der Waals surface area contributed by atoms with Gasteiger partial charge in [-0.15, -0.1) is 0 Å². The Bertz CT molecular complexity index is 2690. The van der Waals surface area contributed by atoms with Crippen molar-refractivity contribution in [2.75, 3.05) is 7.11 Å². The van der Waals surface area contributed by atoms with Crippen molar-refractivity contribution in [1.29, 1.82) is 0 Å². The lowest BCUT2D eigenvalue weighted by Crippen LogP contribution is -2.05. The molecule has 0 saturated carbocycles. The van der Waals surface area contributed by atoms with Crippen molar-refractivity contribution in [3.63, 3.8) is 0 Å². The zero-order chi connectivity index (χ0) is 46.5. The number of methoxy groups -OCH3 is 1. The topological polar surface area (TPSA) is 124 Å². The Morgan fingerprint density at radius 3 is 1.77 bits per heavy atom. The van der Waals surface area contributed by atoms with Crippen molar-refractivity contribution in [3.8, 4) is 5.75 Å². The van der Waals surface area contributed by atoms with E-state index in [-0.39, 0.29) is 0 Å². The second-order valence-electron chi connectivity index (χ2n) is 16.4. The fourth-order valence-corrected chi connectivity index (χ4v) is 8.49. The maximum Gasteiger partial charge on any atom is 0.118 e. The Kier molecular flexibility index (Phi) is 18.8. The van der Waals surface area contributed by atoms with Gasteiger partial charge in [0.15, 0.2) is 0 Å². The zero-order valence-corrected chi connectivity index (χ0v) is 40.2. The molecule has 4 aromatic heterocycles. The first-order valence-electron chi connectivity index (χ1n) is 22.7. The second-order valence-corrected chi connectivity index (χ2v) is 17.6. The number of nitrogens with zero attached hydrogens (tertiary/aromatic N) is 4. The number of aryl methyl sites for hydroxylation is 3. The van der Waals surface area contributed by atoms with Crippen molar-refractivity contribution < 1.29 is 4.74 Å². The molecule has 340 valence electrons.